The van der Waals surface area contributed by atoms with Gasteiger partial charge in [0.2, 0.25) is 0 Å². The summed E-state index contributed by atoms with van der Waals surface area (Å²) in [6, 6.07) is 10.9. The van der Waals surface area contributed by atoms with Crippen LogP contribution in [0.15, 0.2) is 53.8 Å². The highest BCUT2D eigenvalue weighted by Gasteiger charge is 2.07. The molecule has 0 bridgehead atoms. The Morgan fingerprint density at radius 2 is 2.14 bits per heavy atom. The minimum atomic E-state index is -0.315. The third kappa shape index (κ3) is 2.97. The van der Waals surface area contributed by atoms with Gasteiger partial charge >= 0.3 is 6.03 Å². The van der Waals surface area contributed by atoms with Gasteiger partial charge in [-0.3, -0.25) is 0 Å². The van der Waals surface area contributed by atoms with Crippen LogP contribution in [-0.2, 0) is 0 Å². The molecule has 106 valence electrons. The highest BCUT2D eigenvalue weighted by Crippen LogP contribution is 2.19. The fraction of sp³-hybridized carbons (Fsp3) is 0.0714. The number of nitrogens with zero attached hydrogens (tertiary/aromatic N) is 3. The Morgan fingerprint density at radius 1 is 1.24 bits per heavy atom. The van der Waals surface area contributed by atoms with Crippen molar-refractivity contribution < 1.29 is 4.79 Å². The van der Waals surface area contributed by atoms with Gasteiger partial charge in [0, 0.05) is 16.8 Å². The number of pyridine rings is 1. The van der Waals surface area contributed by atoms with Crippen LogP contribution in [0, 0.1) is 0 Å². The average molecular weight is 299 g/mol. The van der Waals surface area contributed by atoms with Gasteiger partial charge in [0.15, 0.2) is 5.65 Å². The van der Waals surface area contributed by atoms with Crippen molar-refractivity contribution >= 4 is 34.8 Å². The number of hydrogen-bond donors (Lipinski definition) is 2. The van der Waals surface area contributed by atoms with Crippen molar-refractivity contribution in [1.82, 2.24) is 14.6 Å². The molecule has 1 aromatic carbocycles. The predicted octanol–water partition coefficient (Wildman–Crippen LogP) is 3.10. The van der Waals surface area contributed by atoms with Crippen molar-refractivity contribution in [1.29, 1.82) is 0 Å². The van der Waals surface area contributed by atoms with E-state index in [0.29, 0.717) is 11.3 Å². The molecule has 0 saturated heterocycles. The Bertz CT molecular complexity index is 786. The highest BCUT2D eigenvalue weighted by molar-refractivity contribution is 7.98. The summed E-state index contributed by atoms with van der Waals surface area (Å²) in [6.45, 7) is 0. The molecule has 0 saturated carbocycles. The van der Waals surface area contributed by atoms with Crippen molar-refractivity contribution in [3.8, 4) is 0 Å². The molecule has 0 aliphatic rings. The number of thioether (sulfide) groups is 1. The molecule has 0 radical (unpaired) electrons. The van der Waals surface area contributed by atoms with Crippen LogP contribution in [0.2, 0.25) is 0 Å². The van der Waals surface area contributed by atoms with E-state index in [9.17, 15) is 4.79 Å². The van der Waals surface area contributed by atoms with E-state index in [1.807, 2.05) is 30.5 Å². The lowest BCUT2D eigenvalue weighted by atomic mass is 10.3. The molecule has 0 aliphatic heterocycles. The van der Waals surface area contributed by atoms with Crippen LogP contribution in [0.5, 0.6) is 0 Å². The van der Waals surface area contributed by atoms with E-state index in [-0.39, 0.29) is 6.03 Å². The molecule has 3 rings (SSSR count). The van der Waals surface area contributed by atoms with Crippen LogP contribution in [-0.4, -0.2) is 26.9 Å². The van der Waals surface area contributed by atoms with Gasteiger partial charge in [0.25, 0.3) is 0 Å². The molecule has 21 heavy (non-hydrogen) atoms. The zero-order valence-electron chi connectivity index (χ0n) is 11.3. The number of fused-ring (bicyclic) bond motifs is 1. The topological polar surface area (TPSA) is 71.3 Å². The van der Waals surface area contributed by atoms with Crippen molar-refractivity contribution in [2.45, 2.75) is 4.90 Å². The van der Waals surface area contributed by atoms with Crippen LogP contribution < -0.4 is 10.6 Å². The first-order valence-electron chi connectivity index (χ1n) is 6.27. The van der Waals surface area contributed by atoms with Crippen molar-refractivity contribution in [2.75, 3.05) is 16.9 Å². The number of benzene rings is 1. The Balaban J connectivity index is 1.75. The van der Waals surface area contributed by atoms with Crippen molar-refractivity contribution in [2.24, 2.45) is 0 Å². The van der Waals surface area contributed by atoms with Gasteiger partial charge in [0.1, 0.15) is 6.33 Å². The summed E-state index contributed by atoms with van der Waals surface area (Å²) in [4.78, 5) is 17.3. The minimum absolute atomic E-state index is 0.315. The third-order valence-electron chi connectivity index (χ3n) is 2.88. The van der Waals surface area contributed by atoms with Crippen molar-refractivity contribution in [3.63, 3.8) is 0 Å². The van der Waals surface area contributed by atoms with E-state index in [4.69, 9.17) is 0 Å². The fourth-order valence-electron chi connectivity index (χ4n) is 1.93. The van der Waals surface area contributed by atoms with E-state index in [1.165, 1.54) is 6.33 Å². The smallest absolute Gasteiger partial charge is 0.308 e. The highest BCUT2D eigenvalue weighted by atomic mass is 32.2. The molecule has 2 heterocycles. The molecule has 2 amide bonds. The molecule has 7 heteroatoms. The molecular weight excluding hydrogens is 286 g/mol. The maximum atomic E-state index is 12.1. The average Bonchev–Trinajstić information content (AvgIpc) is 2.97. The second-order valence-electron chi connectivity index (χ2n) is 4.26. The number of anilines is 2. The Kier molecular flexibility index (Phi) is 3.74. The van der Waals surface area contributed by atoms with Crippen molar-refractivity contribution in [3.05, 3.63) is 48.9 Å². The largest absolute Gasteiger partial charge is 0.323 e. The summed E-state index contributed by atoms with van der Waals surface area (Å²) < 4.78 is 1.60. The lowest BCUT2D eigenvalue weighted by Gasteiger charge is -2.09. The lowest BCUT2D eigenvalue weighted by Crippen LogP contribution is -2.19. The fourth-order valence-corrected chi connectivity index (χ4v) is 2.39. The SMILES string of the molecule is CSc1cccc(NC(=O)Nc2cccn3ncnc23)c1. The number of rotatable bonds is 3. The predicted molar refractivity (Wildman–Crippen MR) is 83.9 cm³/mol. The van der Waals surface area contributed by atoms with Crippen LogP contribution in [0.25, 0.3) is 5.65 Å². The van der Waals surface area contributed by atoms with Crippen LogP contribution in [0.3, 0.4) is 0 Å². The van der Waals surface area contributed by atoms with E-state index in [0.717, 1.165) is 10.6 Å². The molecule has 6 nitrogen and oxygen atoms in total. The minimum Gasteiger partial charge on any atom is -0.308 e. The lowest BCUT2D eigenvalue weighted by molar-refractivity contribution is 0.262. The number of amides is 2. The number of carbonyl (C=O) groups excluding carboxylic acids is 1. The van der Waals surface area contributed by atoms with Gasteiger partial charge in [-0.2, -0.15) is 5.10 Å². The maximum Gasteiger partial charge on any atom is 0.323 e. The maximum absolute atomic E-state index is 12.1. The normalized spacial score (nSPS) is 10.5. The van der Waals surface area contributed by atoms with Gasteiger partial charge in [-0.15, -0.1) is 11.8 Å². The molecule has 3 aromatic rings. The first-order chi connectivity index (χ1) is 10.3. The quantitative estimate of drug-likeness (QED) is 0.729. The van der Waals surface area contributed by atoms with Gasteiger partial charge in [-0.25, -0.2) is 14.3 Å². The van der Waals surface area contributed by atoms with E-state index in [1.54, 1.807) is 34.6 Å². The van der Waals surface area contributed by atoms with Crippen LogP contribution in [0.1, 0.15) is 0 Å². The first kappa shape index (κ1) is 13.4. The summed E-state index contributed by atoms with van der Waals surface area (Å²) in [6.07, 6.45) is 5.21. The van der Waals surface area contributed by atoms with Crippen LogP contribution >= 0.6 is 11.8 Å². The number of urea groups is 1. The Labute approximate surface area is 125 Å². The molecule has 0 unspecified atom stereocenters. The summed E-state index contributed by atoms with van der Waals surface area (Å²) in [7, 11) is 0. The van der Waals surface area contributed by atoms with Crippen LogP contribution in [0.4, 0.5) is 16.2 Å². The number of nitrogens with one attached hydrogen (secondary N) is 2. The van der Waals surface area contributed by atoms with Gasteiger partial charge in [-0.05, 0) is 36.6 Å². The molecule has 2 aromatic heterocycles. The zero-order valence-corrected chi connectivity index (χ0v) is 12.1. The Hall–Kier alpha value is -2.54. The molecule has 2 N–H and O–H groups in total. The third-order valence-corrected chi connectivity index (χ3v) is 3.61. The van der Waals surface area contributed by atoms with Gasteiger partial charge in [-0.1, -0.05) is 6.07 Å². The standard InChI is InChI=1S/C14H13N5OS/c1-21-11-5-2-4-10(8-11)17-14(20)18-12-6-3-7-19-13(12)15-9-16-19/h2-9H,1H3,(H2,17,18,20). The molecule has 0 spiro atoms. The van der Waals surface area contributed by atoms with E-state index in [2.05, 4.69) is 20.7 Å². The molecule has 0 fully saturated rings. The summed E-state index contributed by atoms with van der Waals surface area (Å²) in [5.41, 5.74) is 1.95. The second-order valence-corrected chi connectivity index (χ2v) is 5.14. The summed E-state index contributed by atoms with van der Waals surface area (Å²) >= 11 is 1.62. The van der Waals surface area contributed by atoms with E-state index < -0.39 is 0 Å². The first-order valence-corrected chi connectivity index (χ1v) is 7.49. The molecular formula is C14H13N5OS. The van der Waals surface area contributed by atoms with Gasteiger partial charge in [0.05, 0.1) is 5.69 Å². The number of aromatic nitrogens is 3. The molecule has 0 aliphatic carbocycles. The molecule has 0 atom stereocenters. The zero-order chi connectivity index (χ0) is 14.7. The summed E-state index contributed by atoms with van der Waals surface area (Å²) in [5, 5.41) is 9.60. The Morgan fingerprint density at radius 3 is 3.00 bits per heavy atom. The second kappa shape index (κ2) is 5.84. The van der Waals surface area contributed by atoms with Gasteiger partial charge < -0.3 is 10.6 Å². The monoisotopic (exact) mass is 299 g/mol. The summed E-state index contributed by atoms with van der Waals surface area (Å²) in [5.74, 6) is 0. The number of carbonyl (C=O) groups is 1. The number of hydrogen-bond acceptors (Lipinski definition) is 4. The van der Waals surface area contributed by atoms with E-state index >= 15 is 0 Å².